The van der Waals surface area contributed by atoms with Crippen molar-refractivity contribution in [2.45, 2.75) is 131 Å². The molecule has 1 unspecified atom stereocenters. The lowest BCUT2D eigenvalue weighted by Crippen LogP contribution is -2.70. The van der Waals surface area contributed by atoms with E-state index >= 15 is 0 Å². The first kappa shape index (κ1) is 38.2. The molecule has 45 heavy (non-hydrogen) atoms. The van der Waals surface area contributed by atoms with Crippen molar-refractivity contribution in [3.05, 3.63) is 35.3 Å². The van der Waals surface area contributed by atoms with Gasteiger partial charge in [-0.2, -0.15) is 0 Å². The number of hydrogen-bond donors (Lipinski definition) is 2. The normalized spacial score (nSPS) is 26.4. The summed E-state index contributed by atoms with van der Waals surface area (Å²) in [7, 11) is 0. The number of amides is 1. The molecule has 1 aliphatic heterocycles. The molecule has 2 aliphatic carbocycles. The Kier molecular flexibility index (Phi) is 13.2. The van der Waals surface area contributed by atoms with E-state index < -0.39 is 29.4 Å². The molecule has 3 N–H and O–H groups in total. The summed E-state index contributed by atoms with van der Waals surface area (Å²) >= 11 is 0. The molecule has 0 radical (unpaired) electrons. The van der Waals surface area contributed by atoms with Gasteiger partial charge in [0, 0.05) is 12.3 Å². The van der Waals surface area contributed by atoms with Gasteiger partial charge in [-0.15, -0.1) is 0 Å². The molecule has 10 nitrogen and oxygen atoms in total. The monoisotopic (exact) mass is 635 g/mol. The maximum atomic E-state index is 12.3. The summed E-state index contributed by atoms with van der Waals surface area (Å²) in [5.41, 5.74) is 7.12. The lowest BCUT2D eigenvalue weighted by molar-refractivity contribution is -0.303. The fourth-order valence-corrected chi connectivity index (χ4v) is 6.82. The summed E-state index contributed by atoms with van der Waals surface area (Å²) in [5.74, 6) is 0.809. The smallest absolute Gasteiger partial charge is 0.481 e. The minimum Gasteiger partial charge on any atom is -0.481 e. The second-order valence-electron chi connectivity index (χ2n) is 14.7. The lowest BCUT2D eigenvalue weighted by Gasteiger charge is -2.61. The molecular weight excluding hydrogens is 578 g/mol. The fourth-order valence-electron chi connectivity index (χ4n) is 6.82. The van der Waals surface area contributed by atoms with Crippen LogP contribution in [0.25, 0.3) is 0 Å². The number of carboxylic acid groups (broad SMARTS) is 1. The SMILES string of the molecule is CC(C)(C)OC(N)=O.CCOC(=O)O[C@@]12CO[C@@H]1CCC(C)(C)C2C[C@@H]1CCC(C)=C(C)C1(C)C.O=C(O)CCc1ccco1. The van der Waals surface area contributed by atoms with Gasteiger partial charge < -0.3 is 34.2 Å². The highest BCUT2D eigenvalue weighted by molar-refractivity contribution is 5.67. The molecule has 256 valence electrons. The Bertz CT molecular complexity index is 1160. The zero-order valence-electron chi connectivity index (χ0n) is 29.1. The molecule has 4 rings (SSSR count). The molecule has 2 fully saturated rings. The number of ether oxygens (including phenoxy) is 4. The maximum Gasteiger partial charge on any atom is 0.509 e. The standard InChI is InChI=1S/C23H38O4.C7H8O3.C5H11NO2/c1-8-25-20(24)27-23-14-26-19(23)11-12-21(4,5)18(23)13-17-10-9-15(2)16(3)22(17,6)7;8-7(9)4-3-6-2-1-5-10-6;1-5(2,3)8-4(6)7/h17-19H,8-14H2,1-7H3;1-2,5H,3-4H2,(H,8,9);1-3H3,(H2,6,7)/t17-,18?,19+,23+;;/m0../s1. The second kappa shape index (κ2) is 15.5. The topological polar surface area (TPSA) is 148 Å². The summed E-state index contributed by atoms with van der Waals surface area (Å²) in [5, 5.41) is 8.27. The Balaban J connectivity index is 0.000000320. The Morgan fingerprint density at radius 3 is 2.24 bits per heavy atom. The van der Waals surface area contributed by atoms with E-state index in [-0.39, 0.29) is 29.3 Å². The Morgan fingerprint density at radius 1 is 1.11 bits per heavy atom. The van der Waals surface area contributed by atoms with Gasteiger partial charge in [0.25, 0.3) is 0 Å². The summed E-state index contributed by atoms with van der Waals surface area (Å²) in [6, 6.07) is 3.51. The predicted octanol–water partition coefficient (Wildman–Crippen LogP) is 8.07. The number of nitrogens with two attached hydrogens (primary N) is 1. The third-order valence-electron chi connectivity index (χ3n) is 9.76. The van der Waals surface area contributed by atoms with Gasteiger partial charge in [-0.1, -0.05) is 38.8 Å². The molecule has 3 aliphatic rings. The van der Waals surface area contributed by atoms with Gasteiger partial charge in [-0.05, 0) is 103 Å². The number of aryl methyl sites for hydroxylation is 1. The van der Waals surface area contributed by atoms with Crippen LogP contribution in [0.1, 0.15) is 114 Å². The minimum absolute atomic E-state index is 0.0185. The van der Waals surface area contributed by atoms with Crippen molar-refractivity contribution in [2.24, 2.45) is 28.4 Å². The molecule has 1 saturated heterocycles. The Labute approximate surface area is 269 Å². The predicted molar refractivity (Wildman–Crippen MR) is 172 cm³/mol. The average molecular weight is 636 g/mol. The third-order valence-corrected chi connectivity index (χ3v) is 9.76. The molecule has 10 heteroatoms. The van der Waals surface area contributed by atoms with Gasteiger partial charge in [-0.25, -0.2) is 9.59 Å². The summed E-state index contributed by atoms with van der Waals surface area (Å²) < 4.78 is 26.5. The van der Waals surface area contributed by atoms with Gasteiger partial charge in [0.1, 0.15) is 17.5 Å². The highest BCUT2D eigenvalue weighted by atomic mass is 16.8. The van der Waals surface area contributed by atoms with Gasteiger partial charge in [0.05, 0.1) is 25.9 Å². The first-order chi connectivity index (χ1) is 20.7. The number of rotatable bonds is 7. The van der Waals surface area contributed by atoms with Crippen molar-refractivity contribution in [3.63, 3.8) is 0 Å². The molecule has 1 saturated carbocycles. The van der Waals surface area contributed by atoms with Crippen LogP contribution >= 0.6 is 0 Å². The zero-order chi connectivity index (χ0) is 34.2. The molecule has 0 spiro atoms. The van der Waals surface area contributed by atoms with Crippen LogP contribution in [0.2, 0.25) is 0 Å². The number of aliphatic carboxylic acids is 1. The number of hydrogen-bond acceptors (Lipinski definition) is 8. The number of carboxylic acids is 1. The van der Waals surface area contributed by atoms with Crippen LogP contribution < -0.4 is 5.73 Å². The van der Waals surface area contributed by atoms with E-state index in [2.05, 4.69) is 46.3 Å². The third kappa shape index (κ3) is 10.5. The van der Waals surface area contributed by atoms with E-state index in [1.54, 1.807) is 38.5 Å². The first-order valence-electron chi connectivity index (χ1n) is 16.1. The molecule has 2 heterocycles. The van der Waals surface area contributed by atoms with Crippen molar-refractivity contribution >= 4 is 18.2 Å². The van der Waals surface area contributed by atoms with E-state index in [0.717, 1.165) is 25.0 Å². The number of carbonyl (C=O) groups excluding carboxylic acids is 2. The second-order valence-corrected chi connectivity index (χ2v) is 14.7. The number of allylic oxidation sites excluding steroid dienone is 2. The van der Waals surface area contributed by atoms with E-state index in [1.807, 2.05) is 6.92 Å². The molecule has 1 aromatic heterocycles. The summed E-state index contributed by atoms with van der Waals surface area (Å²) in [4.78, 5) is 32.3. The maximum absolute atomic E-state index is 12.3. The van der Waals surface area contributed by atoms with E-state index in [0.29, 0.717) is 25.6 Å². The van der Waals surface area contributed by atoms with Crippen LogP contribution in [0.4, 0.5) is 9.59 Å². The van der Waals surface area contributed by atoms with Crippen molar-refractivity contribution in [1.29, 1.82) is 0 Å². The average Bonchev–Trinajstić information content (AvgIpc) is 3.41. The van der Waals surface area contributed by atoms with Crippen molar-refractivity contribution in [2.75, 3.05) is 13.2 Å². The first-order valence-corrected chi connectivity index (χ1v) is 16.1. The van der Waals surface area contributed by atoms with Crippen molar-refractivity contribution in [1.82, 2.24) is 0 Å². The molecule has 1 amide bonds. The van der Waals surface area contributed by atoms with Crippen molar-refractivity contribution in [3.8, 4) is 0 Å². The van der Waals surface area contributed by atoms with E-state index in [4.69, 9.17) is 29.5 Å². The van der Waals surface area contributed by atoms with Gasteiger partial charge in [0.2, 0.25) is 0 Å². The summed E-state index contributed by atoms with van der Waals surface area (Å²) in [6.07, 6.45) is 6.43. The van der Waals surface area contributed by atoms with E-state index in [1.165, 1.54) is 24.7 Å². The zero-order valence-corrected chi connectivity index (χ0v) is 29.1. The molecule has 0 aromatic carbocycles. The number of primary amides is 1. The highest BCUT2D eigenvalue weighted by Crippen LogP contribution is 2.58. The number of carbonyl (C=O) groups is 3. The van der Waals surface area contributed by atoms with Gasteiger partial charge in [0.15, 0.2) is 5.60 Å². The van der Waals surface area contributed by atoms with Crippen LogP contribution in [0, 0.1) is 22.7 Å². The largest absolute Gasteiger partial charge is 0.509 e. The lowest BCUT2D eigenvalue weighted by atomic mass is 9.53. The van der Waals surface area contributed by atoms with Crippen LogP contribution in [0.5, 0.6) is 0 Å². The molecule has 0 bridgehead atoms. The minimum atomic E-state index is -0.795. The van der Waals surface area contributed by atoms with Crippen molar-refractivity contribution < 1.29 is 42.9 Å². The number of furan rings is 1. The van der Waals surface area contributed by atoms with Crippen LogP contribution in [0.15, 0.2) is 34.0 Å². The van der Waals surface area contributed by atoms with Crippen LogP contribution in [-0.2, 0) is 30.2 Å². The van der Waals surface area contributed by atoms with Gasteiger partial charge >= 0.3 is 18.2 Å². The molecule has 4 atom stereocenters. The molecular formula is C35H57NO9. The fraction of sp³-hybridized carbons (Fsp3) is 0.743. The Hall–Kier alpha value is -3.01. The van der Waals surface area contributed by atoms with Crippen LogP contribution in [-0.4, -0.2) is 53.8 Å². The number of fused-ring (bicyclic) bond motifs is 1. The van der Waals surface area contributed by atoms with Crippen LogP contribution in [0.3, 0.4) is 0 Å². The van der Waals surface area contributed by atoms with E-state index in [9.17, 15) is 14.4 Å². The highest BCUT2D eigenvalue weighted by Gasteiger charge is 2.64. The molecule has 1 aromatic rings. The summed E-state index contributed by atoms with van der Waals surface area (Å²) in [6.45, 7) is 22.0. The quantitative estimate of drug-likeness (QED) is 0.224. The Morgan fingerprint density at radius 2 is 1.78 bits per heavy atom. The van der Waals surface area contributed by atoms with Gasteiger partial charge in [-0.3, -0.25) is 4.79 Å².